The molecule has 1 aliphatic heterocycles. The van der Waals surface area contributed by atoms with Gasteiger partial charge in [-0.3, -0.25) is 0 Å². The number of rotatable bonds is 3. The van der Waals surface area contributed by atoms with Gasteiger partial charge in [0.15, 0.2) is 0 Å². The molecule has 2 aromatic rings. The molecule has 0 spiro atoms. The first-order valence-corrected chi connectivity index (χ1v) is 7.51. The minimum Gasteiger partial charge on any atom is -0.458 e. The minimum absolute atomic E-state index is 0.383. The molecule has 1 saturated heterocycles. The first kappa shape index (κ1) is 13.7. The molecule has 1 aromatic heterocycles. The second-order valence-corrected chi connectivity index (χ2v) is 6.28. The second-order valence-electron chi connectivity index (χ2n) is 6.28. The highest BCUT2D eigenvalue weighted by Crippen LogP contribution is 2.32. The quantitative estimate of drug-likeness (QED) is 0.900. The molecule has 1 aromatic carbocycles. The van der Waals surface area contributed by atoms with Crippen molar-refractivity contribution in [2.75, 3.05) is 6.54 Å². The van der Waals surface area contributed by atoms with Crippen molar-refractivity contribution in [2.45, 2.75) is 51.2 Å². The summed E-state index contributed by atoms with van der Waals surface area (Å²) < 4.78 is 5.85. The topological polar surface area (TPSA) is 45.4 Å². The van der Waals surface area contributed by atoms with Gasteiger partial charge in [0.05, 0.1) is 0 Å². The molecule has 3 rings (SSSR count). The molecule has 0 amide bonds. The summed E-state index contributed by atoms with van der Waals surface area (Å²) in [6.07, 6.45) is 4.32. The lowest BCUT2D eigenvalue weighted by Crippen LogP contribution is -2.39. The third-order valence-corrected chi connectivity index (χ3v) is 4.26. The van der Waals surface area contributed by atoms with Crippen LogP contribution in [0, 0.1) is 6.92 Å². The molecule has 2 atom stereocenters. The maximum absolute atomic E-state index is 10.8. The van der Waals surface area contributed by atoms with E-state index in [1.807, 2.05) is 25.1 Å². The summed E-state index contributed by atoms with van der Waals surface area (Å²) in [6.45, 7) is 4.98. The highest BCUT2D eigenvalue weighted by Gasteiger charge is 2.31. The van der Waals surface area contributed by atoms with E-state index in [1.54, 1.807) is 0 Å². The lowest BCUT2D eigenvalue weighted by Gasteiger charge is -2.30. The number of furan rings is 1. The number of hydrogen-bond donors (Lipinski definition) is 2. The van der Waals surface area contributed by atoms with Gasteiger partial charge in [-0.1, -0.05) is 18.1 Å². The molecule has 2 unspecified atom stereocenters. The summed E-state index contributed by atoms with van der Waals surface area (Å²) in [5.41, 5.74) is 1.14. The smallest absolute Gasteiger partial charge is 0.136 e. The van der Waals surface area contributed by atoms with Crippen LogP contribution in [0.2, 0.25) is 0 Å². The fourth-order valence-corrected chi connectivity index (χ4v) is 3.11. The van der Waals surface area contributed by atoms with Crippen LogP contribution in [0.1, 0.15) is 43.9 Å². The molecule has 0 radical (unpaired) electrons. The third-order valence-electron chi connectivity index (χ3n) is 4.26. The minimum atomic E-state index is -0.915. The van der Waals surface area contributed by atoms with E-state index in [0.717, 1.165) is 23.9 Å². The largest absolute Gasteiger partial charge is 0.458 e. The van der Waals surface area contributed by atoms with E-state index >= 15 is 0 Å². The zero-order chi connectivity index (χ0) is 14.2. The zero-order valence-electron chi connectivity index (χ0n) is 12.3. The third kappa shape index (κ3) is 2.74. The average Bonchev–Trinajstić information content (AvgIpc) is 2.83. The lowest BCUT2D eigenvalue weighted by molar-refractivity contribution is 0.0139. The Balaban J connectivity index is 1.83. The van der Waals surface area contributed by atoms with Crippen LogP contribution in [-0.2, 0) is 5.60 Å². The summed E-state index contributed by atoms with van der Waals surface area (Å²) in [4.78, 5) is 0. The van der Waals surface area contributed by atoms with Crippen molar-refractivity contribution in [2.24, 2.45) is 0 Å². The summed E-state index contributed by atoms with van der Waals surface area (Å²) in [6, 6.07) is 8.46. The second kappa shape index (κ2) is 5.23. The summed E-state index contributed by atoms with van der Waals surface area (Å²) >= 11 is 0. The Morgan fingerprint density at radius 3 is 2.95 bits per heavy atom. The predicted octanol–water partition coefficient (Wildman–Crippen LogP) is 3.48. The Labute approximate surface area is 120 Å². The van der Waals surface area contributed by atoms with E-state index < -0.39 is 5.60 Å². The summed E-state index contributed by atoms with van der Waals surface area (Å²) in [5.74, 6) is 0.672. The molecule has 0 aliphatic carbocycles. The van der Waals surface area contributed by atoms with Gasteiger partial charge < -0.3 is 14.8 Å². The number of hydrogen-bond acceptors (Lipinski definition) is 3. The molecule has 2 heterocycles. The van der Waals surface area contributed by atoms with Gasteiger partial charge in [0, 0.05) is 11.4 Å². The van der Waals surface area contributed by atoms with Gasteiger partial charge in [0.25, 0.3) is 0 Å². The van der Waals surface area contributed by atoms with Crippen molar-refractivity contribution >= 4 is 11.0 Å². The summed E-state index contributed by atoms with van der Waals surface area (Å²) in [5, 5.41) is 15.3. The molecular formula is C17H23NO2. The van der Waals surface area contributed by atoms with Gasteiger partial charge in [-0.25, -0.2) is 0 Å². The van der Waals surface area contributed by atoms with E-state index in [-0.39, 0.29) is 0 Å². The van der Waals surface area contributed by atoms with Crippen LogP contribution >= 0.6 is 0 Å². The van der Waals surface area contributed by atoms with Crippen molar-refractivity contribution in [1.82, 2.24) is 5.32 Å². The van der Waals surface area contributed by atoms with Crippen LogP contribution in [0.25, 0.3) is 11.0 Å². The van der Waals surface area contributed by atoms with Gasteiger partial charge in [0.1, 0.15) is 16.9 Å². The van der Waals surface area contributed by atoms with Crippen molar-refractivity contribution in [3.8, 4) is 0 Å². The number of benzene rings is 1. The van der Waals surface area contributed by atoms with Crippen molar-refractivity contribution in [3.63, 3.8) is 0 Å². The fourth-order valence-electron chi connectivity index (χ4n) is 3.11. The fraction of sp³-hybridized carbons (Fsp3) is 0.529. The first-order valence-electron chi connectivity index (χ1n) is 7.51. The zero-order valence-corrected chi connectivity index (χ0v) is 12.3. The Morgan fingerprint density at radius 1 is 1.35 bits per heavy atom. The first-order chi connectivity index (χ1) is 9.54. The van der Waals surface area contributed by atoms with Crippen LogP contribution < -0.4 is 5.32 Å². The van der Waals surface area contributed by atoms with E-state index in [0.29, 0.717) is 18.2 Å². The van der Waals surface area contributed by atoms with Gasteiger partial charge >= 0.3 is 0 Å². The van der Waals surface area contributed by atoms with Gasteiger partial charge in [-0.15, -0.1) is 0 Å². The number of fused-ring (bicyclic) bond motifs is 1. The van der Waals surface area contributed by atoms with Crippen LogP contribution in [0.3, 0.4) is 0 Å². The van der Waals surface area contributed by atoms with Gasteiger partial charge in [0.2, 0.25) is 0 Å². The molecule has 1 aliphatic rings. The number of aryl methyl sites for hydroxylation is 1. The molecule has 3 heteroatoms. The van der Waals surface area contributed by atoms with E-state index in [9.17, 15) is 5.11 Å². The number of aliphatic hydroxyl groups is 1. The number of piperidine rings is 1. The monoisotopic (exact) mass is 273 g/mol. The normalized spacial score (nSPS) is 22.9. The SMILES string of the molecule is Cc1ccc2oc(C(C)(O)CC3CCCCN3)cc2c1. The highest BCUT2D eigenvalue weighted by molar-refractivity contribution is 5.78. The van der Waals surface area contributed by atoms with Crippen LogP contribution in [0.5, 0.6) is 0 Å². The van der Waals surface area contributed by atoms with Crippen molar-refractivity contribution < 1.29 is 9.52 Å². The molecule has 2 N–H and O–H groups in total. The molecular weight excluding hydrogens is 250 g/mol. The summed E-state index contributed by atoms with van der Waals surface area (Å²) in [7, 11) is 0. The van der Waals surface area contributed by atoms with E-state index in [2.05, 4.69) is 18.3 Å². The van der Waals surface area contributed by atoms with Gasteiger partial charge in [-0.2, -0.15) is 0 Å². The standard InChI is InChI=1S/C17H23NO2/c1-12-6-7-15-13(9-12)10-16(20-15)17(2,19)11-14-5-3-4-8-18-14/h6-7,9-10,14,18-19H,3-5,8,11H2,1-2H3. The molecule has 3 nitrogen and oxygen atoms in total. The molecule has 108 valence electrons. The van der Waals surface area contributed by atoms with Crippen molar-refractivity contribution in [3.05, 3.63) is 35.6 Å². The lowest BCUT2D eigenvalue weighted by atomic mass is 9.90. The Bertz CT molecular complexity index is 594. The predicted molar refractivity (Wildman–Crippen MR) is 80.8 cm³/mol. The van der Waals surface area contributed by atoms with E-state index in [4.69, 9.17) is 4.42 Å². The van der Waals surface area contributed by atoms with Crippen molar-refractivity contribution in [1.29, 1.82) is 0 Å². The van der Waals surface area contributed by atoms with Crippen LogP contribution in [0.4, 0.5) is 0 Å². The Morgan fingerprint density at radius 2 is 2.20 bits per heavy atom. The molecule has 20 heavy (non-hydrogen) atoms. The van der Waals surface area contributed by atoms with Gasteiger partial charge in [-0.05, 0) is 57.9 Å². The average molecular weight is 273 g/mol. The maximum Gasteiger partial charge on any atom is 0.136 e. The maximum atomic E-state index is 10.8. The van der Waals surface area contributed by atoms with Crippen LogP contribution in [0.15, 0.2) is 28.7 Å². The highest BCUT2D eigenvalue weighted by atomic mass is 16.4. The molecule has 0 bridgehead atoms. The van der Waals surface area contributed by atoms with E-state index in [1.165, 1.54) is 18.4 Å². The Hall–Kier alpha value is -1.32. The Kier molecular flexibility index (Phi) is 3.57. The number of nitrogens with one attached hydrogen (secondary N) is 1. The molecule has 1 fully saturated rings. The van der Waals surface area contributed by atoms with Crippen LogP contribution in [-0.4, -0.2) is 17.7 Å². The molecule has 0 saturated carbocycles.